The van der Waals surface area contributed by atoms with Crippen molar-refractivity contribution in [2.45, 2.75) is 32.5 Å². The molecule has 0 atom stereocenters. The minimum absolute atomic E-state index is 0.273. The summed E-state index contributed by atoms with van der Waals surface area (Å²) in [6.07, 6.45) is 5.32. The van der Waals surface area contributed by atoms with Gasteiger partial charge in [-0.15, -0.1) is 0 Å². The van der Waals surface area contributed by atoms with Crippen molar-refractivity contribution in [2.24, 2.45) is 0 Å². The van der Waals surface area contributed by atoms with Crippen LogP contribution in [0.1, 0.15) is 29.5 Å². The van der Waals surface area contributed by atoms with Gasteiger partial charge < -0.3 is 10.2 Å². The van der Waals surface area contributed by atoms with Crippen molar-refractivity contribution < 1.29 is 4.79 Å². The normalized spacial score (nSPS) is 13.9. The van der Waals surface area contributed by atoms with Gasteiger partial charge in [0.15, 0.2) is 0 Å². The Kier molecular flexibility index (Phi) is 5.78. The Bertz CT molecular complexity index is 922. The van der Waals surface area contributed by atoms with E-state index in [4.69, 9.17) is 0 Å². The lowest BCUT2D eigenvalue weighted by Crippen LogP contribution is -2.23. The fourth-order valence-corrected chi connectivity index (χ4v) is 3.68. The SMILES string of the molecule is O=C1CCCN1Cc1ccc(-c2ccccc2CNCc2ccncc2)cc1. The van der Waals surface area contributed by atoms with Gasteiger partial charge in [-0.2, -0.15) is 0 Å². The summed E-state index contributed by atoms with van der Waals surface area (Å²) in [4.78, 5) is 17.8. The van der Waals surface area contributed by atoms with E-state index in [1.54, 1.807) is 0 Å². The van der Waals surface area contributed by atoms with Crippen LogP contribution in [0, 0.1) is 0 Å². The van der Waals surface area contributed by atoms with E-state index in [2.05, 4.69) is 58.8 Å². The monoisotopic (exact) mass is 371 g/mol. The number of nitrogens with one attached hydrogen (secondary N) is 1. The maximum absolute atomic E-state index is 11.8. The van der Waals surface area contributed by atoms with Crippen molar-refractivity contribution in [3.05, 3.63) is 89.7 Å². The first-order valence-electron chi connectivity index (χ1n) is 9.84. The lowest BCUT2D eigenvalue weighted by molar-refractivity contribution is -0.128. The van der Waals surface area contributed by atoms with Crippen molar-refractivity contribution in [3.63, 3.8) is 0 Å². The average molecular weight is 371 g/mol. The molecule has 4 heteroatoms. The van der Waals surface area contributed by atoms with E-state index in [1.807, 2.05) is 29.4 Å². The zero-order valence-electron chi connectivity index (χ0n) is 16.0. The van der Waals surface area contributed by atoms with Crippen LogP contribution in [0.2, 0.25) is 0 Å². The number of nitrogens with zero attached hydrogens (tertiary/aromatic N) is 2. The largest absolute Gasteiger partial charge is 0.338 e. The molecule has 28 heavy (non-hydrogen) atoms. The minimum Gasteiger partial charge on any atom is -0.338 e. The summed E-state index contributed by atoms with van der Waals surface area (Å²) in [7, 11) is 0. The zero-order chi connectivity index (χ0) is 19.2. The number of hydrogen-bond acceptors (Lipinski definition) is 3. The van der Waals surface area contributed by atoms with Crippen LogP contribution in [0.4, 0.5) is 0 Å². The number of amides is 1. The topological polar surface area (TPSA) is 45.2 Å². The number of rotatable bonds is 7. The second-order valence-corrected chi connectivity index (χ2v) is 7.23. The number of carbonyl (C=O) groups is 1. The molecule has 0 spiro atoms. The Morgan fingerprint density at radius 2 is 1.68 bits per heavy atom. The second kappa shape index (κ2) is 8.81. The highest BCUT2D eigenvalue weighted by atomic mass is 16.2. The molecular formula is C24H25N3O. The summed E-state index contributed by atoms with van der Waals surface area (Å²) in [5, 5.41) is 3.52. The van der Waals surface area contributed by atoms with Crippen molar-refractivity contribution in [2.75, 3.05) is 6.54 Å². The van der Waals surface area contributed by atoms with Crippen molar-refractivity contribution in [1.29, 1.82) is 0 Å². The van der Waals surface area contributed by atoms with E-state index in [1.165, 1.54) is 27.8 Å². The molecule has 1 aliphatic rings. The quantitative estimate of drug-likeness (QED) is 0.678. The number of likely N-dealkylation sites (tertiary alicyclic amines) is 1. The molecule has 4 rings (SSSR count). The highest BCUT2D eigenvalue weighted by molar-refractivity contribution is 5.78. The van der Waals surface area contributed by atoms with Crippen LogP contribution in [0.5, 0.6) is 0 Å². The lowest BCUT2D eigenvalue weighted by atomic mass is 9.98. The first-order valence-corrected chi connectivity index (χ1v) is 9.84. The van der Waals surface area contributed by atoms with Gasteiger partial charge in [-0.25, -0.2) is 0 Å². The molecule has 4 nitrogen and oxygen atoms in total. The first-order chi connectivity index (χ1) is 13.8. The highest BCUT2D eigenvalue weighted by Crippen LogP contribution is 2.25. The maximum atomic E-state index is 11.8. The number of hydrogen-bond donors (Lipinski definition) is 1. The fourth-order valence-electron chi connectivity index (χ4n) is 3.68. The Balaban J connectivity index is 1.43. The van der Waals surface area contributed by atoms with Crippen molar-refractivity contribution in [1.82, 2.24) is 15.2 Å². The third-order valence-electron chi connectivity index (χ3n) is 5.22. The molecule has 3 aromatic rings. The third kappa shape index (κ3) is 4.46. The van der Waals surface area contributed by atoms with Gasteiger partial charge in [0.05, 0.1) is 0 Å². The summed E-state index contributed by atoms with van der Waals surface area (Å²) in [6, 6.07) is 21.2. The molecule has 0 saturated carbocycles. The van der Waals surface area contributed by atoms with E-state index < -0.39 is 0 Å². The smallest absolute Gasteiger partial charge is 0.222 e. The Hall–Kier alpha value is -2.98. The summed E-state index contributed by atoms with van der Waals surface area (Å²) in [5.41, 5.74) is 6.14. The Morgan fingerprint density at radius 3 is 2.43 bits per heavy atom. The standard InChI is InChI=1S/C24H25N3O/c28-24-6-3-15-27(24)18-20-7-9-21(10-8-20)23-5-2-1-4-22(23)17-26-16-19-11-13-25-14-12-19/h1-2,4-5,7-14,26H,3,6,15-18H2. The number of benzene rings is 2. The molecule has 2 aromatic carbocycles. The molecule has 1 fully saturated rings. The number of pyridine rings is 1. The summed E-state index contributed by atoms with van der Waals surface area (Å²) < 4.78 is 0. The maximum Gasteiger partial charge on any atom is 0.222 e. The highest BCUT2D eigenvalue weighted by Gasteiger charge is 2.19. The predicted molar refractivity (Wildman–Crippen MR) is 111 cm³/mol. The average Bonchev–Trinajstić information content (AvgIpc) is 3.14. The third-order valence-corrected chi connectivity index (χ3v) is 5.22. The van der Waals surface area contributed by atoms with E-state index in [-0.39, 0.29) is 5.91 Å². The van der Waals surface area contributed by atoms with E-state index in [9.17, 15) is 4.79 Å². The van der Waals surface area contributed by atoms with E-state index in [0.29, 0.717) is 13.0 Å². The van der Waals surface area contributed by atoms with E-state index >= 15 is 0 Å². The van der Waals surface area contributed by atoms with Crippen LogP contribution >= 0.6 is 0 Å². The molecule has 0 bridgehead atoms. The van der Waals surface area contributed by atoms with Gasteiger partial charge in [0.2, 0.25) is 5.91 Å². The molecule has 1 aliphatic heterocycles. The van der Waals surface area contributed by atoms with Gasteiger partial charge in [-0.1, -0.05) is 48.5 Å². The van der Waals surface area contributed by atoms with Gasteiger partial charge in [0, 0.05) is 45.0 Å². The fraction of sp³-hybridized carbons (Fsp3) is 0.250. The van der Waals surface area contributed by atoms with Gasteiger partial charge in [-0.05, 0) is 46.4 Å². The summed E-state index contributed by atoms with van der Waals surface area (Å²) in [5.74, 6) is 0.273. The molecule has 1 saturated heterocycles. The predicted octanol–water partition coefficient (Wildman–Crippen LogP) is 4.16. The van der Waals surface area contributed by atoms with E-state index in [0.717, 1.165) is 26.1 Å². The lowest BCUT2D eigenvalue weighted by Gasteiger charge is -2.16. The van der Waals surface area contributed by atoms with Gasteiger partial charge >= 0.3 is 0 Å². The molecule has 2 heterocycles. The van der Waals surface area contributed by atoms with Crippen LogP contribution in [-0.2, 0) is 24.4 Å². The molecule has 0 radical (unpaired) electrons. The van der Waals surface area contributed by atoms with Gasteiger partial charge in [0.25, 0.3) is 0 Å². The van der Waals surface area contributed by atoms with Crippen LogP contribution < -0.4 is 5.32 Å². The molecule has 1 amide bonds. The Morgan fingerprint density at radius 1 is 0.893 bits per heavy atom. The van der Waals surface area contributed by atoms with Crippen LogP contribution in [0.3, 0.4) is 0 Å². The Labute approximate surface area is 166 Å². The van der Waals surface area contributed by atoms with Crippen LogP contribution in [0.25, 0.3) is 11.1 Å². The molecule has 1 N–H and O–H groups in total. The van der Waals surface area contributed by atoms with Crippen molar-refractivity contribution >= 4 is 5.91 Å². The number of carbonyl (C=O) groups excluding carboxylic acids is 1. The molecular weight excluding hydrogens is 346 g/mol. The molecule has 0 unspecified atom stereocenters. The minimum atomic E-state index is 0.273. The first kappa shape index (κ1) is 18.4. The van der Waals surface area contributed by atoms with Crippen molar-refractivity contribution in [3.8, 4) is 11.1 Å². The molecule has 0 aliphatic carbocycles. The summed E-state index contributed by atoms with van der Waals surface area (Å²) >= 11 is 0. The molecule has 142 valence electrons. The van der Waals surface area contributed by atoms with Gasteiger partial charge in [0.1, 0.15) is 0 Å². The van der Waals surface area contributed by atoms with Gasteiger partial charge in [-0.3, -0.25) is 9.78 Å². The van der Waals surface area contributed by atoms with Crippen LogP contribution in [0.15, 0.2) is 73.1 Å². The summed E-state index contributed by atoms with van der Waals surface area (Å²) in [6.45, 7) is 3.23. The van der Waals surface area contributed by atoms with Crippen LogP contribution in [-0.4, -0.2) is 22.3 Å². The zero-order valence-corrected chi connectivity index (χ0v) is 16.0. The number of aromatic nitrogens is 1. The second-order valence-electron chi connectivity index (χ2n) is 7.23. The molecule has 1 aromatic heterocycles.